The molecule has 0 spiro atoms. The standard InChI is InChI=1S/C32H42N4O10S/c1-31(2,3)46-30(41)33-24-19-44-15-9-5-8-12-21-17-32(21,29(40)35-47(42,43)23-13-14-23)34-26(37)25-16-22(18-36(25)27(24)38)45-28(39)20-10-6-4-7-11-20/h4,6-8,10-12,21-25H,5,9,13-19H2,1-3H3,(H,33,41)(H,34,37)(H,35,40)/b12-8-. The van der Waals surface area contributed by atoms with Crippen LogP contribution in [0.3, 0.4) is 0 Å². The third kappa shape index (κ3) is 8.49. The summed E-state index contributed by atoms with van der Waals surface area (Å²) in [5, 5.41) is 4.66. The van der Waals surface area contributed by atoms with Crippen LogP contribution in [0.2, 0.25) is 0 Å². The Morgan fingerprint density at radius 1 is 1.11 bits per heavy atom. The van der Waals surface area contributed by atoms with Crippen LogP contribution < -0.4 is 15.4 Å². The van der Waals surface area contributed by atoms with Gasteiger partial charge in [0.2, 0.25) is 21.8 Å². The van der Waals surface area contributed by atoms with Gasteiger partial charge in [-0.15, -0.1) is 0 Å². The lowest BCUT2D eigenvalue weighted by atomic mass is 10.1. The Labute approximate surface area is 274 Å². The van der Waals surface area contributed by atoms with Crippen LogP contribution in [0.15, 0.2) is 42.5 Å². The van der Waals surface area contributed by atoms with E-state index >= 15 is 0 Å². The van der Waals surface area contributed by atoms with Crippen molar-refractivity contribution >= 4 is 39.8 Å². The molecule has 256 valence electrons. The van der Waals surface area contributed by atoms with Crippen molar-refractivity contribution in [2.24, 2.45) is 5.92 Å². The van der Waals surface area contributed by atoms with E-state index in [-0.39, 0.29) is 38.2 Å². The summed E-state index contributed by atoms with van der Waals surface area (Å²) in [6.07, 6.45) is 3.93. The molecule has 47 heavy (non-hydrogen) atoms. The van der Waals surface area contributed by atoms with Crippen LogP contribution in [0, 0.1) is 5.92 Å². The summed E-state index contributed by atoms with van der Waals surface area (Å²) < 4.78 is 44.3. The van der Waals surface area contributed by atoms with Crippen molar-refractivity contribution in [2.45, 2.75) is 93.9 Å². The number of hydrogen-bond donors (Lipinski definition) is 3. The maximum Gasteiger partial charge on any atom is 0.408 e. The number of amides is 4. The van der Waals surface area contributed by atoms with Gasteiger partial charge in [0.25, 0.3) is 5.91 Å². The average Bonchev–Trinajstić information content (AvgIpc) is 3.92. The molecule has 2 aliphatic heterocycles. The summed E-state index contributed by atoms with van der Waals surface area (Å²) in [4.78, 5) is 68.4. The molecular weight excluding hydrogens is 632 g/mol. The zero-order valence-electron chi connectivity index (χ0n) is 26.7. The van der Waals surface area contributed by atoms with Gasteiger partial charge in [-0.05, 0) is 65.0 Å². The van der Waals surface area contributed by atoms with Crippen LogP contribution in [0.1, 0.15) is 69.7 Å². The summed E-state index contributed by atoms with van der Waals surface area (Å²) in [5.74, 6) is -3.37. The molecule has 5 unspecified atom stereocenters. The largest absolute Gasteiger partial charge is 0.457 e. The molecule has 4 amide bonds. The first-order valence-corrected chi connectivity index (χ1v) is 17.4. The van der Waals surface area contributed by atoms with E-state index < -0.39 is 80.3 Å². The van der Waals surface area contributed by atoms with Crippen LogP contribution in [-0.2, 0) is 38.6 Å². The summed E-state index contributed by atoms with van der Waals surface area (Å²) >= 11 is 0. The Bertz CT molecular complexity index is 1520. The number of carbonyl (C=O) groups is 5. The summed E-state index contributed by atoms with van der Waals surface area (Å²) in [7, 11) is -3.90. The second kappa shape index (κ2) is 13.6. The molecular formula is C32H42N4O10S. The number of benzene rings is 1. The molecule has 3 fully saturated rings. The molecule has 1 aromatic rings. The van der Waals surface area contributed by atoms with E-state index in [1.54, 1.807) is 57.2 Å². The smallest absolute Gasteiger partial charge is 0.408 e. The van der Waals surface area contributed by atoms with E-state index in [4.69, 9.17) is 14.2 Å². The topological polar surface area (TPSA) is 187 Å². The van der Waals surface area contributed by atoms with Crippen molar-refractivity contribution in [3.63, 3.8) is 0 Å². The number of fused-ring (bicyclic) bond motifs is 2. The maximum atomic E-state index is 14.1. The predicted octanol–water partition coefficient (Wildman–Crippen LogP) is 1.56. The van der Waals surface area contributed by atoms with Crippen LogP contribution >= 0.6 is 0 Å². The number of hydrogen-bond acceptors (Lipinski definition) is 10. The fraction of sp³-hybridized carbons (Fsp3) is 0.594. The number of esters is 1. The van der Waals surface area contributed by atoms with Crippen molar-refractivity contribution in [1.82, 2.24) is 20.3 Å². The van der Waals surface area contributed by atoms with Crippen LogP contribution in [-0.4, -0.2) is 97.4 Å². The van der Waals surface area contributed by atoms with Gasteiger partial charge in [0.15, 0.2) is 0 Å². The molecule has 2 heterocycles. The lowest BCUT2D eigenvalue weighted by Gasteiger charge is -2.30. The van der Waals surface area contributed by atoms with Crippen molar-refractivity contribution in [2.75, 3.05) is 19.8 Å². The summed E-state index contributed by atoms with van der Waals surface area (Å²) in [6.45, 7) is 4.88. The molecule has 1 aromatic carbocycles. The first-order valence-electron chi connectivity index (χ1n) is 15.9. The lowest BCUT2D eigenvalue weighted by molar-refractivity contribution is -0.142. The number of ether oxygens (including phenoxy) is 3. The zero-order chi connectivity index (χ0) is 34.0. The van der Waals surface area contributed by atoms with Crippen molar-refractivity contribution in [3.8, 4) is 0 Å². The minimum Gasteiger partial charge on any atom is -0.457 e. The van der Waals surface area contributed by atoms with Crippen molar-refractivity contribution in [3.05, 3.63) is 48.0 Å². The highest BCUT2D eigenvalue weighted by atomic mass is 32.2. The van der Waals surface area contributed by atoms with Gasteiger partial charge in [-0.2, -0.15) is 0 Å². The molecule has 0 bridgehead atoms. The molecule has 0 radical (unpaired) electrons. The van der Waals surface area contributed by atoms with Crippen molar-refractivity contribution < 1.29 is 46.6 Å². The average molecular weight is 675 g/mol. The number of rotatable bonds is 6. The maximum absolute atomic E-state index is 14.1. The number of carbonyl (C=O) groups excluding carboxylic acids is 5. The fourth-order valence-corrected chi connectivity index (χ4v) is 7.09. The number of sulfonamides is 1. The molecule has 2 aliphatic carbocycles. The third-order valence-electron chi connectivity index (χ3n) is 8.40. The van der Waals surface area contributed by atoms with Gasteiger partial charge in [0, 0.05) is 18.9 Å². The van der Waals surface area contributed by atoms with Crippen molar-refractivity contribution in [1.29, 1.82) is 0 Å². The lowest BCUT2D eigenvalue weighted by Crippen LogP contribution is -2.59. The normalized spacial score (nSPS) is 29.1. The van der Waals surface area contributed by atoms with Gasteiger partial charge in [0.05, 0.1) is 24.0 Å². The van der Waals surface area contributed by atoms with E-state index in [1.807, 2.05) is 6.08 Å². The van der Waals surface area contributed by atoms with Gasteiger partial charge in [-0.1, -0.05) is 30.4 Å². The monoisotopic (exact) mass is 674 g/mol. The zero-order valence-corrected chi connectivity index (χ0v) is 27.5. The first kappa shape index (κ1) is 34.4. The SMILES string of the molecule is CC(C)(C)OC(=O)NC1COCCC/C=C\C2CC2(C(=O)NS(=O)(=O)C2CC2)NC(=O)C2CC(OC(=O)c3ccccc3)CN2C1=O. The second-order valence-electron chi connectivity index (χ2n) is 13.4. The van der Waals surface area contributed by atoms with Crippen LogP contribution in [0.5, 0.6) is 0 Å². The van der Waals surface area contributed by atoms with Gasteiger partial charge in [0.1, 0.15) is 29.3 Å². The molecule has 14 nitrogen and oxygen atoms in total. The first-order chi connectivity index (χ1) is 22.2. The summed E-state index contributed by atoms with van der Waals surface area (Å²) in [6, 6.07) is 5.77. The Kier molecular flexibility index (Phi) is 9.96. The van der Waals surface area contributed by atoms with Crippen LogP contribution in [0.4, 0.5) is 4.79 Å². The van der Waals surface area contributed by atoms with Gasteiger partial charge >= 0.3 is 12.1 Å². The van der Waals surface area contributed by atoms with Gasteiger partial charge in [-0.3, -0.25) is 19.1 Å². The number of alkyl carbamates (subject to hydrolysis) is 1. The number of nitrogens with zero attached hydrogens (tertiary/aromatic N) is 1. The third-order valence-corrected chi connectivity index (χ3v) is 10.2. The fourth-order valence-electron chi connectivity index (χ4n) is 5.73. The molecule has 15 heteroatoms. The minimum absolute atomic E-state index is 0.102. The highest BCUT2D eigenvalue weighted by molar-refractivity contribution is 7.91. The molecule has 2 saturated carbocycles. The second-order valence-corrected chi connectivity index (χ2v) is 15.4. The molecule has 3 N–H and O–H groups in total. The van der Waals surface area contributed by atoms with E-state index in [1.165, 1.54) is 4.90 Å². The van der Waals surface area contributed by atoms with E-state index in [0.29, 0.717) is 25.7 Å². The Hall–Kier alpha value is -3.98. The Balaban J connectivity index is 1.42. The predicted molar refractivity (Wildman–Crippen MR) is 167 cm³/mol. The number of allylic oxidation sites excluding steroid dienone is 1. The van der Waals surface area contributed by atoms with E-state index in [2.05, 4.69) is 15.4 Å². The molecule has 1 saturated heterocycles. The quantitative estimate of drug-likeness (QED) is 0.295. The minimum atomic E-state index is -3.90. The molecule has 4 aliphatic rings. The Morgan fingerprint density at radius 2 is 1.83 bits per heavy atom. The summed E-state index contributed by atoms with van der Waals surface area (Å²) in [5.41, 5.74) is -2.12. The highest BCUT2D eigenvalue weighted by Gasteiger charge is 2.62. The molecule has 5 atom stereocenters. The number of nitrogens with one attached hydrogen (secondary N) is 3. The molecule has 0 aromatic heterocycles. The van der Waals surface area contributed by atoms with Gasteiger partial charge < -0.3 is 29.7 Å². The van der Waals surface area contributed by atoms with Crippen LogP contribution in [0.25, 0.3) is 0 Å². The van der Waals surface area contributed by atoms with E-state index in [0.717, 1.165) is 0 Å². The highest BCUT2D eigenvalue weighted by Crippen LogP contribution is 2.46. The van der Waals surface area contributed by atoms with E-state index in [9.17, 15) is 32.4 Å². The van der Waals surface area contributed by atoms with Gasteiger partial charge in [-0.25, -0.2) is 18.0 Å². The molecule has 5 rings (SSSR count). The Morgan fingerprint density at radius 3 is 2.51 bits per heavy atom.